The van der Waals surface area contributed by atoms with Gasteiger partial charge in [-0.2, -0.15) is 5.10 Å². The molecule has 0 spiro atoms. The molecule has 110 valence electrons. The Morgan fingerprint density at radius 1 is 1.45 bits per heavy atom. The van der Waals surface area contributed by atoms with E-state index in [1.165, 1.54) is 11.1 Å². The monoisotopic (exact) mass is 281 g/mol. The van der Waals surface area contributed by atoms with Crippen molar-refractivity contribution in [1.82, 2.24) is 9.78 Å². The van der Waals surface area contributed by atoms with Crippen molar-refractivity contribution in [3.05, 3.63) is 21.5 Å². The van der Waals surface area contributed by atoms with Gasteiger partial charge in [0.15, 0.2) is 0 Å². The number of hydrogen-bond acceptors (Lipinski definition) is 4. The third-order valence-electron chi connectivity index (χ3n) is 3.89. The Bertz CT molecular complexity index is 518. The highest BCUT2D eigenvalue weighted by molar-refractivity contribution is 5.91. The predicted molar refractivity (Wildman–Crippen MR) is 71.8 cm³/mol. The number of nitro groups is 1. The van der Waals surface area contributed by atoms with Gasteiger partial charge in [-0.3, -0.25) is 14.8 Å². The fourth-order valence-corrected chi connectivity index (χ4v) is 2.94. The predicted octanol–water partition coefficient (Wildman–Crippen LogP) is 2.63. The van der Waals surface area contributed by atoms with E-state index in [0.717, 1.165) is 25.7 Å². The molecule has 0 radical (unpaired) electrons. The highest BCUT2D eigenvalue weighted by Gasteiger charge is 2.33. The second kappa shape index (κ2) is 6.02. The molecule has 0 saturated heterocycles. The SMILES string of the molecule is CCn1nc(CC2CCCCC2)c([N+](=O)[O-])c1C(=O)O. The maximum absolute atomic E-state index is 11.2. The number of rotatable bonds is 5. The molecule has 0 bridgehead atoms. The van der Waals surface area contributed by atoms with E-state index in [2.05, 4.69) is 5.10 Å². The van der Waals surface area contributed by atoms with Gasteiger partial charge >= 0.3 is 11.7 Å². The number of nitrogens with zero attached hydrogens (tertiary/aromatic N) is 3. The minimum absolute atomic E-state index is 0.302. The summed E-state index contributed by atoms with van der Waals surface area (Å²) in [6.45, 7) is 2.04. The molecule has 0 amide bonds. The molecule has 1 aliphatic rings. The molecular formula is C13H19N3O4. The number of aryl methyl sites for hydroxylation is 1. The fraction of sp³-hybridized carbons (Fsp3) is 0.692. The summed E-state index contributed by atoms with van der Waals surface area (Å²) in [5.74, 6) is -0.912. The molecule has 1 aromatic heterocycles. The minimum atomic E-state index is -1.29. The smallest absolute Gasteiger partial charge is 0.361 e. The van der Waals surface area contributed by atoms with E-state index in [9.17, 15) is 20.0 Å². The molecular weight excluding hydrogens is 262 g/mol. The molecule has 1 aliphatic carbocycles. The highest BCUT2D eigenvalue weighted by atomic mass is 16.6. The van der Waals surface area contributed by atoms with Crippen LogP contribution in [-0.4, -0.2) is 25.8 Å². The lowest BCUT2D eigenvalue weighted by molar-refractivity contribution is -0.386. The van der Waals surface area contributed by atoms with Crippen molar-refractivity contribution in [3.63, 3.8) is 0 Å². The number of carboxylic acid groups (broad SMARTS) is 1. The van der Waals surface area contributed by atoms with E-state index in [1.54, 1.807) is 6.92 Å². The average Bonchev–Trinajstić information content (AvgIpc) is 2.78. The molecule has 0 atom stereocenters. The van der Waals surface area contributed by atoms with Crippen LogP contribution in [0.1, 0.15) is 55.2 Å². The lowest BCUT2D eigenvalue weighted by Gasteiger charge is -2.20. The molecule has 1 saturated carbocycles. The van der Waals surface area contributed by atoms with Gasteiger partial charge in [0, 0.05) is 13.0 Å². The second-order valence-corrected chi connectivity index (χ2v) is 5.23. The van der Waals surface area contributed by atoms with Crippen LogP contribution in [0.15, 0.2) is 0 Å². The van der Waals surface area contributed by atoms with Crippen LogP contribution in [-0.2, 0) is 13.0 Å². The van der Waals surface area contributed by atoms with Crippen molar-refractivity contribution >= 4 is 11.7 Å². The van der Waals surface area contributed by atoms with Crippen LogP contribution in [0.25, 0.3) is 0 Å². The van der Waals surface area contributed by atoms with Crippen LogP contribution < -0.4 is 0 Å². The minimum Gasteiger partial charge on any atom is -0.476 e. The Labute approximate surface area is 116 Å². The number of aromatic carboxylic acids is 1. The quantitative estimate of drug-likeness (QED) is 0.660. The summed E-state index contributed by atoms with van der Waals surface area (Å²) in [5, 5.41) is 24.5. The summed E-state index contributed by atoms with van der Waals surface area (Å²) in [5.41, 5.74) is -0.311. The molecule has 0 aliphatic heterocycles. The van der Waals surface area contributed by atoms with Crippen molar-refractivity contribution in [2.24, 2.45) is 5.92 Å². The van der Waals surface area contributed by atoms with Crippen molar-refractivity contribution in [2.45, 2.75) is 52.0 Å². The molecule has 0 aromatic carbocycles. The molecule has 2 rings (SSSR count). The van der Waals surface area contributed by atoms with Crippen LogP contribution in [0, 0.1) is 16.0 Å². The van der Waals surface area contributed by atoms with Crippen LogP contribution in [0.5, 0.6) is 0 Å². The average molecular weight is 281 g/mol. The zero-order valence-corrected chi connectivity index (χ0v) is 11.5. The Balaban J connectivity index is 2.35. The van der Waals surface area contributed by atoms with Gasteiger partial charge in [-0.05, 0) is 12.8 Å². The van der Waals surface area contributed by atoms with Gasteiger partial charge in [0.2, 0.25) is 5.69 Å². The molecule has 20 heavy (non-hydrogen) atoms. The first-order valence-corrected chi connectivity index (χ1v) is 7.02. The van der Waals surface area contributed by atoms with E-state index in [4.69, 9.17) is 0 Å². The van der Waals surface area contributed by atoms with Gasteiger partial charge in [-0.1, -0.05) is 32.1 Å². The van der Waals surface area contributed by atoms with E-state index in [0.29, 0.717) is 24.6 Å². The summed E-state index contributed by atoms with van der Waals surface area (Å²) < 4.78 is 1.22. The van der Waals surface area contributed by atoms with E-state index < -0.39 is 10.9 Å². The van der Waals surface area contributed by atoms with E-state index in [-0.39, 0.29) is 11.4 Å². The van der Waals surface area contributed by atoms with Gasteiger partial charge in [-0.15, -0.1) is 0 Å². The maximum atomic E-state index is 11.2. The number of carbonyl (C=O) groups is 1. The second-order valence-electron chi connectivity index (χ2n) is 5.23. The molecule has 7 nitrogen and oxygen atoms in total. The van der Waals surface area contributed by atoms with Gasteiger partial charge in [0.25, 0.3) is 0 Å². The van der Waals surface area contributed by atoms with Crippen molar-refractivity contribution in [2.75, 3.05) is 0 Å². The molecule has 1 N–H and O–H groups in total. The Hall–Kier alpha value is -1.92. The Morgan fingerprint density at radius 2 is 2.10 bits per heavy atom. The summed E-state index contributed by atoms with van der Waals surface area (Å²) in [6, 6.07) is 0. The molecule has 1 fully saturated rings. The van der Waals surface area contributed by atoms with Crippen molar-refractivity contribution in [3.8, 4) is 0 Å². The van der Waals surface area contributed by atoms with Gasteiger partial charge in [0.1, 0.15) is 5.69 Å². The van der Waals surface area contributed by atoms with E-state index in [1.807, 2.05) is 0 Å². The largest absolute Gasteiger partial charge is 0.476 e. The lowest BCUT2D eigenvalue weighted by atomic mass is 9.86. The van der Waals surface area contributed by atoms with Gasteiger partial charge < -0.3 is 5.11 Å². The summed E-state index contributed by atoms with van der Waals surface area (Å²) in [4.78, 5) is 21.8. The summed E-state index contributed by atoms with van der Waals surface area (Å²) in [7, 11) is 0. The first-order chi connectivity index (χ1) is 9.54. The zero-order chi connectivity index (χ0) is 14.7. The highest BCUT2D eigenvalue weighted by Crippen LogP contribution is 2.31. The number of aromatic nitrogens is 2. The number of hydrogen-bond donors (Lipinski definition) is 1. The first kappa shape index (κ1) is 14.5. The summed E-state index contributed by atoms with van der Waals surface area (Å²) >= 11 is 0. The third-order valence-corrected chi connectivity index (χ3v) is 3.89. The standard InChI is InChI=1S/C13H19N3O4/c1-2-15-12(13(17)18)11(16(19)20)10(14-15)8-9-6-4-3-5-7-9/h9H,2-8H2,1H3,(H,17,18). The third kappa shape index (κ3) is 2.81. The Kier molecular flexibility index (Phi) is 4.36. The molecule has 7 heteroatoms. The molecule has 1 heterocycles. The van der Waals surface area contributed by atoms with Gasteiger partial charge in [-0.25, -0.2) is 4.79 Å². The van der Waals surface area contributed by atoms with Gasteiger partial charge in [0.05, 0.1) is 4.92 Å². The fourth-order valence-electron chi connectivity index (χ4n) is 2.94. The van der Waals surface area contributed by atoms with Crippen LogP contribution >= 0.6 is 0 Å². The maximum Gasteiger partial charge on any atom is 0.361 e. The van der Waals surface area contributed by atoms with Crippen LogP contribution in [0.4, 0.5) is 5.69 Å². The van der Waals surface area contributed by atoms with Crippen molar-refractivity contribution < 1.29 is 14.8 Å². The first-order valence-electron chi connectivity index (χ1n) is 7.02. The Morgan fingerprint density at radius 3 is 2.60 bits per heavy atom. The zero-order valence-electron chi connectivity index (χ0n) is 11.5. The topological polar surface area (TPSA) is 98.3 Å². The number of carboxylic acids is 1. The van der Waals surface area contributed by atoms with Crippen LogP contribution in [0.3, 0.4) is 0 Å². The van der Waals surface area contributed by atoms with E-state index >= 15 is 0 Å². The normalized spacial score (nSPS) is 16.2. The van der Waals surface area contributed by atoms with Crippen molar-refractivity contribution in [1.29, 1.82) is 0 Å². The lowest BCUT2D eigenvalue weighted by Crippen LogP contribution is -2.11. The summed E-state index contributed by atoms with van der Waals surface area (Å²) in [6.07, 6.45) is 6.07. The molecule has 0 unspecified atom stereocenters. The van der Waals surface area contributed by atoms with Crippen LogP contribution in [0.2, 0.25) is 0 Å². The molecule has 1 aromatic rings.